The fourth-order valence-electron chi connectivity index (χ4n) is 3.76. The lowest BCUT2D eigenvalue weighted by Gasteiger charge is -2.19. The Balaban J connectivity index is 1.58. The molecule has 6 heteroatoms. The summed E-state index contributed by atoms with van der Waals surface area (Å²) in [6.07, 6.45) is 3.70. The molecule has 2 aromatic heterocycles. The number of para-hydroxylation sites is 1. The molecule has 3 aromatic rings. The molecule has 2 atom stereocenters. The van der Waals surface area contributed by atoms with Crippen molar-refractivity contribution in [1.82, 2.24) is 9.97 Å². The Labute approximate surface area is 157 Å². The molecule has 1 aromatic carbocycles. The standard InChI is InChI=1S/C21H21N3O3/c1-27-21(26)17-6-4-9-23-20(17)24-12-15(19(25)13-24)11-14-8-10-22-18-7-3-2-5-16(14)18/h2-10,15,19,25H,11-13H2,1H3/t15-,19-/m1/s1. The summed E-state index contributed by atoms with van der Waals surface area (Å²) in [4.78, 5) is 22.8. The van der Waals surface area contributed by atoms with E-state index >= 15 is 0 Å². The third-order valence-corrected chi connectivity index (χ3v) is 5.12. The van der Waals surface area contributed by atoms with Crippen molar-refractivity contribution in [1.29, 1.82) is 0 Å². The maximum absolute atomic E-state index is 12.0. The third-order valence-electron chi connectivity index (χ3n) is 5.12. The molecule has 0 amide bonds. The fraction of sp³-hybridized carbons (Fsp3) is 0.286. The number of aromatic nitrogens is 2. The number of aliphatic hydroxyl groups is 1. The molecule has 6 nitrogen and oxygen atoms in total. The Morgan fingerprint density at radius 3 is 2.85 bits per heavy atom. The highest BCUT2D eigenvalue weighted by Crippen LogP contribution is 2.29. The minimum absolute atomic E-state index is 0.0447. The average Bonchev–Trinajstić information content (AvgIpc) is 3.08. The van der Waals surface area contributed by atoms with Crippen LogP contribution in [0.5, 0.6) is 0 Å². The molecular weight excluding hydrogens is 342 g/mol. The van der Waals surface area contributed by atoms with E-state index in [0.29, 0.717) is 24.5 Å². The number of methoxy groups -OCH3 is 1. The zero-order chi connectivity index (χ0) is 18.8. The van der Waals surface area contributed by atoms with E-state index in [0.717, 1.165) is 17.3 Å². The summed E-state index contributed by atoms with van der Waals surface area (Å²) in [5.41, 5.74) is 2.54. The summed E-state index contributed by atoms with van der Waals surface area (Å²) < 4.78 is 4.86. The van der Waals surface area contributed by atoms with Gasteiger partial charge in [-0.15, -0.1) is 0 Å². The number of pyridine rings is 2. The first-order valence-corrected chi connectivity index (χ1v) is 8.96. The van der Waals surface area contributed by atoms with Crippen molar-refractivity contribution in [3.05, 3.63) is 66.0 Å². The van der Waals surface area contributed by atoms with Gasteiger partial charge in [-0.2, -0.15) is 0 Å². The smallest absolute Gasteiger partial charge is 0.341 e. The Bertz CT molecular complexity index is 970. The van der Waals surface area contributed by atoms with Crippen molar-refractivity contribution in [3.8, 4) is 0 Å². The van der Waals surface area contributed by atoms with Gasteiger partial charge in [-0.3, -0.25) is 4.98 Å². The van der Waals surface area contributed by atoms with Crippen LogP contribution in [0, 0.1) is 5.92 Å². The predicted molar refractivity (Wildman–Crippen MR) is 103 cm³/mol. The Morgan fingerprint density at radius 1 is 1.15 bits per heavy atom. The summed E-state index contributed by atoms with van der Waals surface area (Å²) >= 11 is 0. The number of rotatable bonds is 4. The highest BCUT2D eigenvalue weighted by Gasteiger charge is 2.34. The molecule has 0 spiro atoms. The molecule has 1 saturated heterocycles. The Morgan fingerprint density at radius 2 is 2.00 bits per heavy atom. The second-order valence-electron chi connectivity index (χ2n) is 6.79. The van der Waals surface area contributed by atoms with Crippen LogP contribution in [0.25, 0.3) is 10.9 Å². The van der Waals surface area contributed by atoms with E-state index in [4.69, 9.17) is 4.74 Å². The summed E-state index contributed by atoms with van der Waals surface area (Å²) in [7, 11) is 1.36. The van der Waals surface area contributed by atoms with Crippen LogP contribution in [0.15, 0.2) is 54.9 Å². The molecule has 27 heavy (non-hydrogen) atoms. The topological polar surface area (TPSA) is 75.5 Å². The van der Waals surface area contributed by atoms with Gasteiger partial charge in [0.15, 0.2) is 0 Å². The number of β-amino-alcohol motifs (C(OH)–C–C–N with tert-alkyl or cyclic N) is 1. The van der Waals surface area contributed by atoms with Gasteiger partial charge in [-0.1, -0.05) is 18.2 Å². The van der Waals surface area contributed by atoms with E-state index in [1.54, 1.807) is 18.3 Å². The highest BCUT2D eigenvalue weighted by atomic mass is 16.5. The van der Waals surface area contributed by atoms with Gasteiger partial charge in [0.1, 0.15) is 11.4 Å². The van der Waals surface area contributed by atoms with Crippen LogP contribution in [0.2, 0.25) is 0 Å². The van der Waals surface area contributed by atoms with Gasteiger partial charge in [0.2, 0.25) is 0 Å². The summed E-state index contributed by atoms with van der Waals surface area (Å²) in [6, 6.07) is 13.4. The predicted octanol–water partition coefficient (Wildman–Crippen LogP) is 2.46. The number of carbonyl (C=O) groups excluding carboxylic acids is 1. The zero-order valence-corrected chi connectivity index (χ0v) is 15.1. The second kappa shape index (κ2) is 7.32. The van der Waals surface area contributed by atoms with Crippen molar-refractivity contribution in [2.24, 2.45) is 5.92 Å². The van der Waals surface area contributed by atoms with Gasteiger partial charge in [0, 0.05) is 36.8 Å². The first-order chi connectivity index (χ1) is 13.2. The van der Waals surface area contributed by atoms with Crippen molar-refractivity contribution in [2.45, 2.75) is 12.5 Å². The first kappa shape index (κ1) is 17.4. The number of anilines is 1. The SMILES string of the molecule is COC(=O)c1cccnc1N1C[C@@H](Cc2ccnc3ccccc23)[C@H](O)C1. The molecular formula is C21H21N3O3. The highest BCUT2D eigenvalue weighted by molar-refractivity contribution is 5.94. The van der Waals surface area contributed by atoms with Crippen molar-refractivity contribution >= 4 is 22.7 Å². The van der Waals surface area contributed by atoms with Crippen LogP contribution >= 0.6 is 0 Å². The lowest BCUT2D eigenvalue weighted by atomic mass is 9.94. The van der Waals surface area contributed by atoms with E-state index in [9.17, 15) is 9.90 Å². The third kappa shape index (κ3) is 3.36. The van der Waals surface area contributed by atoms with Crippen LogP contribution < -0.4 is 4.90 Å². The Hall–Kier alpha value is -2.99. The quantitative estimate of drug-likeness (QED) is 0.718. The molecule has 3 heterocycles. The second-order valence-corrected chi connectivity index (χ2v) is 6.79. The number of fused-ring (bicyclic) bond motifs is 1. The number of aliphatic hydroxyl groups excluding tert-OH is 1. The Kier molecular flexibility index (Phi) is 4.73. The zero-order valence-electron chi connectivity index (χ0n) is 15.1. The fourth-order valence-corrected chi connectivity index (χ4v) is 3.76. The van der Waals surface area contributed by atoms with Crippen LogP contribution in [0.1, 0.15) is 15.9 Å². The minimum atomic E-state index is -0.496. The molecule has 1 N–H and O–H groups in total. The summed E-state index contributed by atoms with van der Waals surface area (Å²) in [6.45, 7) is 1.06. The maximum atomic E-state index is 12.0. The lowest BCUT2D eigenvalue weighted by Crippen LogP contribution is -2.24. The van der Waals surface area contributed by atoms with Crippen molar-refractivity contribution in [3.63, 3.8) is 0 Å². The van der Waals surface area contributed by atoms with Crippen molar-refractivity contribution < 1.29 is 14.6 Å². The monoisotopic (exact) mass is 363 g/mol. The van der Waals surface area contributed by atoms with Crippen LogP contribution in [0.4, 0.5) is 5.82 Å². The van der Waals surface area contributed by atoms with Gasteiger partial charge in [0.05, 0.1) is 18.7 Å². The van der Waals surface area contributed by atoms with E-state index in [1.165, 1.54) is 12.7 Å². The molecule has 1 aliphatic rings. The molecule has 0 unspecified atom stereocenters. The molecule has 0 saturated carbocycles. The number of hydrogen-bond donors (Lipinski definition) is 1. The average molecular weight is 363 g/mol. The number of hydrogen-bond acceptors (Lipinski definition) is 6. The van der Waals surface area contributed by atoms with E-state index in [-0.39, 0.29) is 5.92 Å². The maximum Gasteiger partial charge on any atom is 0.341 e. The lowest BCUT2D eigenvalue weighted by molar-refractivity contribution is 0.0601. The number of ether oxygens (including phenoxy) is 1. The van der Waals surface area contributed by atoms with Crippen molar-refractivity contribution in [2.75, 3.05) is 25.1 Å². The molecule has 0 radical (unpaired) electrons. The number of nitrogens with zero attached hydrogens (tertiary/aromatic N) is 3. The molecule has 1 fully saturated rings. The molecule has 4 rings (SSSR count). The molecule has 0 aliphatic carbocycles. The van der Waals surface area contributed by atoms with Gasteiger partial charge in [0.25, 0.3) is 0 Å². The number of esters is 1. The van der Waals surface area contributed by atoms with Crippen LogP contribution in [-0.4, -0.2) is 47.3 Å². The minimum Gasteiger partial charge on any atom is -0.465 e. The van der Waals surface area contributed by atoms with Gasteiger partial charge in [-0.05, 0) is 36.2 Å². The largest absolute Gasteiger partial charge is 0.465 e. The summed E-state index contributed by atoms with van der Waals surface area (Å²) in [5.74, 6) is 0.185. The van der Waals surface area contributed by atoms with Crippen LogP contribution in [-0.2, 0) is 11.2 Å². The molecule has 0 bridgehead atoms. The summed E-state index contributed by atoms with van der Waals surface area (Å²) in [5, 5.41) is 11.7. The first-order valence-electron chi connectivity index (χ1n) is 8.96. The van der Waals surface area contributed by atoms with E-state index in [2.05, 4.69) is 16.0 Å². The van der Waals surface area contributed by atoms with Crippen LogP contribution in [0.3, 0.4) is 0 Å². The normalized spacial score (nSPS) is 19.4. The molecule has 1 aliphatic heterocycles. The van der Waals surface area contributed by atoms with Gasteiger partial charge < -0.3 is 14.7 Å². The molecule has 138 valence electrons. The van der Waals surface area contributed by atoms with E-state index < -0.39 is 12.1 Å². The van der Waals surface area contributed by atoms with Gasteiger partial charge >= 0.3 is 5.97 Å². The number of benzene rings is 1. The van der Waals surface area contributed by atoms with Gasteiger partial charge in [-0.25, -0.2) is 9.78 Å². The number of carbonyl (C=O) groups is 1. The van der Waals surface area contributed by atoms with E-state index in [1.807, 2.05) is 35.4 Å².